The molecular formula is C20H29N3O3. The smallest absolute Gasteiger partial charge is 0.407 e. The Kier molecular flexibility index (Phi) is 6.87. The summed E-state index contributed by atoms with van der Waals surface area (Å²) in [5.41, 5.74) is 1.22. The highest BCUT2D eigenvalue weighted by Crippen LogP contribution is 2.22. The Balaban J connectivity index is 1.86. The lowest BCUT2D eigenvalue weighted by Gasteiger charge is -2.22. The number of carbonyl (C=O) groups is 1. The van der Waals surface area contributed by atoms with E-state index in [4.69, 9.17) is 14.7 Å². The largest absolute Gasteiger partial charge is 0.494 e. The van der Waals surface area contributed by atoms with Crippen molar-refractivity contribution >= 4 is 6.09 Å². The molecule has 26 heavy (non-hydrogen) atoms. The van der Waals surface area contributed by atoms with Gasteiger partial charge in [-0.1, -0.05) is 0 Å². The highest BCUT2D eigenvalue weighted by Gasteiger charge is 2.26. The van der Waals surface area contributed by atoms with E-state index in [1.54, 1.807) is 6.07 Å². The van der Waals surface area contributed by atoms with Crippen LogP contribution in [0.2, 0.25) is 0 Å². The third kappa shape index (κ3) is 6.23. The fraction of sp³-hybridized carbons (Fsp3) is 0.600. The lowest BCUT2D eigenvalue weighted by molar-refractivity contribution is 0.0506. The topological polar surface area (TPSA) is 74.6 Å². The molecule has 2 rings (SSSR count). The van der Waals surface area contributed by atoms with Gasteiger partial charge in [-0.2, -0.15) is 5.26 Å². The number of likely N-dealkylation sites (tertiary alicyclic amines) is 1. The minimum Gasteiger partial charge on any atom is -0.494 e. The average Bonchev–Trinajstić information content (AvgIpc) is 2.99. The van der Waals surface area contributed by atoms with Crippen molar-refractivity contribution in [1.29, 1.82) is 5.26 Å². The normalized spacial score (nSPS) is 17.6. The summed E-state index contributed by atoms with van der Waals surface area (Å²) in [5.74, 6) is 0.842. The molecule has 1 amide bonds. The molecule has 0 unspecified atom stereocenters. The average molecular weight is 359 g/mol. The molecule has 1 aromatic rings. The van der Waals surface area contributed by atoms with E-state index in [1.807, 2.05) is 39.8 Å². The summed E-state index contributed by atoms with van der Waals surface area (Å²) in [4.78, 5) is 14.2. The molecule has 1 aliphatic heterocycles. The third-order valence-corrected chi connectivity index (χ3v) is 4.18. The highest BCUT2D eigenvalue weighted by atomic mass is 16.6. The van der Waals surface area contributed by atoms with Gasteiger partial charge in [0, 0.05) is 25.7 Å². The monoisotopic (exact) mass is 359 g/mol. The number of hydrogen-bond donors (Lipinski definition) is 1. The first-order valence-corrected chi connectivity index (χ1v) is 9.18. The van der Waals surface area contributed by atoms with E-state index in [0.717, 1.165) is 43.8 Å². The van der Waals surface area contributed by atoms with E-state index in [1.165, 1.54) is 0 Å². The van der Waals surface area contributed by atoms with Gasteiger partial charge in [-0.15, -0.1) is 0 Å². The molecular weight excluding hydrogens is 330 g/mol. The molecule has 0 aromatic heterocycles. The Bertz CT molecular complexity index is 661. The van der Waals surface area contributed by atoms with Crippen LogP contribution in [0.4, 0.5) is 4.79 Å². The summed E-state index contributed by atoms with van der Waals surface area (Å²) in [6.07, 6.45) is 1.37. The molecule has 6 heteroatoms. The number of hydrogen-bond acceptors (Lipinski definition) is 5. The van der Waals surface area contributed by atoms with Crippen molar-refractivity contribution < 1.29 is 14.3 Å². The van der Waals surface area contributed by atoms with Crippen LogP contribution in [0.3, 0.4) is 0 Å². The van der Waals surface area contributed by atoms with Crippen molar-refractivity contribution in [1.82, 2.24) is 10.2 Å². The number of rotatable bonds is 6. The molecule has 1 aromatic carbocycles. The zero-order chi connectivity index (χ0) is 19.2. The van der Waals surface area contributed by atoms with Crippen LogP contribution in [-0.4, -0.2) is 48.9 Å². The number of nitrogens with one attached hydrogen (secondary N) is 1. The Hall–Kier alpha value is -2.26. The number of alkyl carbamates (subject to hydrolysis) is 1. The first-order chi connectivity index (χ1) is 12.3. The molecule has 0 radical (unpaired) electrons. The molecule has 0 spiro atoms. The predicted molar refractivity (Wildman–Crippen MR) is 100 cm³/mol. The maximum Gasteiger partial charge on any atom is 0.407 e. The summed E-state index contributed by atoms with van der Waals surface area (Å²) in [7, 11) is 0. The number of amides is 1. The second-order valence-corrected chi connectivity index (χ2v) is 7.55. The molecule has 0 aliphatic carbocycles. The van der Waals surface area contributed by atoms with Gasteiger partial charge in [-0.05, 0) is 64.3 Å². The Morgan fingerprint density at radius 3 is 2.85 bits per heavy atom. The van der Waals surface area contributed by atoms with Crippen LogP contribution in [0.5, 0.6) is 5.75 Å². The summed E-state index contributed by atoms with van der Waals surface area (Å²) < 4.78 is 11.0. The zero-order valence-corrected chi connectivity index (χ0v) is 16.2. The highest BCUT2D eigenvalue weighted by molar-refractivity contribution is 5.68. The van der Waals surface area contributed by atoms with Gasteiger partial charge in [0.15, 0.2) is 0 Å². The maximum atomic E-state index is 11.9. The molecule has 1 heterocycles. The molecule has 1 saturated heterocycles. The minimum atomic E-state index is -0.482. The van der Waals surface area contributed by atoms with Crippen LogP contribution >= 0.6 is 0 Å². The van der Waals surface area contributed by atoms with Crippen LogP contribution in [0.15, 0.2) is 18.2 Å². The van der Waals surface area contributed by atoms with Crippen molar-refractivity contribution in [3.05, 3.63) is 29.3 Å². The van der Waals surface area contributed by atoms with Gasteiger partial charge in [0.05, 0.1) is 18.2 Å². The van der Waals surface area contributed by atoms with Crippen LogP contribution < -0.4 is 10.1 Å². The van der Waals surface area contributed by atoms with Crippen molar-refractivity contribution in [3.8, 4) is 11.8 Å². The van der Waals surface area contributed by atoms with Gasteiger partial charge < -0.3 is 19.7 Å². The molecule has 1 atom stereocenters. The van der Waals surface area contributed by atoms with Gasteiger partial charge in [-0.3, -0.25) is 0 Å². The van der Waals surface area contributed by atoms with Crippen LogP contribution in [0.1, 0.15) is 45.2 Å². The Labute approximate surface area is 156 Å². The first kappa shape index (κ1) is 20.1. The molecule has 142 valence electrons. The van der Waals surface area contributed by atoms with E-state index >= 15 is 0 Å². The van der Waals surface area contributed by atoms with Crippen LogP contribution in [0.25, 0.3) is 0 Å². The second kappa shape index (κ2) is 8.91. The van der Waals surface area contributed by atoms with Crippen molar-refractivity contribution in [2.24, 2.45) is 0 Å². The predicted octanol–water partition coefficient (Wildman–Crippen LogP) is 3.10. The Morgan fingerprint density at radius 2 is 2.19 bits per heavy atom. The third-order valence-electron chi connectivity index (χ3n) is 4.18. The molecule has 1 aliphatic rings. The van der Waals surface area contributed by atoms with Gasteiger partial charge in [0.2, 0.25) is 0 Å². The first-order valence-electron chi connectivity index (χ1n) is 9.18. The van der Waals surface area contributed by atoms with Crippen LogP contribution in [0, 0.1) is 11.3 Å². The van der Waals surface area contributed by atoms with E-state index in [9.17, 15) is 4.79 Å². The zero-order valence-electron chi connectivity index (χ0n) is 16.2. The number of nitriles is 1. The van der Waals surface area contributed by atoms with E-state index in [-0.39, 0.29) is 12.1 Å². The molecule has 6 nitrogen and oxygen atoms in total. The van der Waals surface area contributed by atoms with E-state index < -0.39 is 5.60 Å². The van der Waals surface area contributed by atoms with Crippen molar-refractivity contribution in [2.75, 3.05) is 26.2 Å². The SMILES string of the molecule is CCOc1ccc(C#N)cc1CCN1CC[C@@H](NC(=O)OC(C)(C)C)C1. The summed E-state index contributed by atoms with van der Waals surface area (Å²) in [6, 6.07) is 7.85. The number of benzene rings is 1. The fourth-order valence-corrected chi connectivity index (χ4v) is 3.05. The molecule has 1 N–H and O–H groups in total. The van der Waals surface area contributed by atoms with Gasteiger partial charge in [0.25, 0.3) is 0 Å². The lowest BCUT2D eigenvalue weighted by Crippen LogP contribution is -2.40. The number of nitrogens with zero attached hydrogens (tertiary/aromatic N) is 2. The summed E-state index contributed by atoms with van der Waals surface area (Å²) in [6.45, 7) is 10.7. The molecule has 1 fully saturated rings. The van der Waals surface area contributed by atoms with Crippen molar-refractivity contribution in [3.63, 3.8) is 0 Å². The van der Waals surface area contributed by atoms with E-state index in [0.29, 0.717) is 12.2 Å². The maximum absolute atomic E-state index is 11.9. The minimum absolute atomic E-state index is 0.113. The number of ether oxygens (including phenoxy) is 2. The van der Waals surface area contributed by atoms with Gasteiger partial charge >= 0.3 is 6.09 Å². The van der Waals surface area contributed by atoms with Gasteiger partial charge in [-0.25, -0.2) is 4.79 Å². The standard InChI is InChI=1S/C20H29N3O3/c1-5-25-18-7-6-15(13-21)12-16(18)8-10-23-11-9-17(14-23)22-19(24)26-20(2,3)4/h6-7,12,17H,5,8-11,14H2,1-4H3,(H,22,24)/t17-/m1/s1. The van der Waals surface area contributed by atoms with E-state index in [2.05, 4.69) is 16.3 Å². The number of carbonyl (C=O) groups excluding carboxylic acids is 1. The second-order valence-electron chi connectivity index (χ2n) is 7.55. The van der Waals surface area contributed by atoms with Crippen molar-refractivity contribution in [2.45, 2.75) is 52.2 Å². The van der Waals surface area contributed by atoms with Crippen LogP contribution in [-0.2, 0) is 11.2 Å². The Morgan fingerprint density at radius 1 is 1.42 bits per heavy atom. The summed E-state index contributed by atoms with van der Waals surface area (Å²) >= 11 is 0. The molecule has 0 bridgehead atoms. The quantitative estimate of drug-likeness (QED) is 0.845. The van der Waals surface area contributed by atoms with Gasteiger partial charge in [0.1, 0.15) is 11.4 Å². The molecule has 0 saturated carbocycles. The lowest BCUT2D eigenvalue weighted by atomic mass is 10.1. The summed E-state index contributed by atoms with van der Waals surface area (Å²) in [5, 5.41) is 12.1. The fourth-order valence-electron chi connectivity index (χ4n) is 3.05.